The van der Waals surface area contributed by atoms with Gasteiger partial charge in [-0.25, -0.2) is 0 Å². The van der Waals surface area contributed by atoms with Crippen molar-refractivity contribution in [1.82, 2.24) is 0 Å². The quantitative estimate of drug-likeness (QED) is 0.491. The van der Waals surface area contributed by atoms with E-state index in [2.05, 4.69) is 0 Å². The Labute approximate surface area is 96.5 Å². The van der Waals surface area contributed by atoms with Crippen molar-refractivity contribution >= 4 is 34.8 Å². The van der Waals surface area contributed by atoms with Crippen LogP contribution in [0.25, 0.3) is 0 Å². The Kier molecular flexibility index (Phi) is 6.44. The molecule has 1 rings (SSSR count). The lowest BCUT2D eigenvalue weighted by molar-refractivity contribution is -0.198. The highest BCUT2D eigenvalue weighted by molar-refractivity contribution is 6.66. The SMILES string of the molecule is ClC(Cl)(Cl)c1ccccc1.OC(O)O. The Morgan fingerprint density at radius 2 is 1.29 bits per heavy atom. The first kappa shape index (κ1) is 14.0. The fraction of sp³-hybridized carbons (Fsp3) is 0.250. The highest BCUT2D eigenvalue weighted by Crippen LogP contribution is 2.37. The third kappa shape index (κ3) is 7.38. The van der Waals surface area contributed by atoms with E-state index in [1.165, 1.54) is 0 Å². The molecule has 0 radical (unpaired) electrons. The summed E-state index contributed by atoms with van der Waals surface area (Å²) in [6.45, 7) is -2.17. The van der Waals surface area contributed by atoms with E-state index in [4.69, 9.17) is 50.1 Å². The van der Waals surface area contributed by atoms with Gasteiger partial charge in [0, 0.05) is 5.56 Å². The molecule has 0 saturated carbocycles. The molecule has 14 heavy (non-hydrogen) atoms. The molecule has 1 aromatic rings. The van der Waals surface area contributed by atoms with E-state index in [0.29, 0.717) is 5.56 Å². The molecule has 0 bridgehead atoms. The van der Waals surface area contributed by atoms with Gasteiger partial charge in [-0.1, -0.05) is 65.1 Å². The van der Waals surface area contributed by atoms with E-state index in [1.54, 1.807) is 12.1 Å². The van der Waals surface area contributed by atoms with Crippen LogP contribution in [0.1, 0.15) is 5.56 Å². The highest BCUT2D eigenvalue weighted by Gasteiger charge is 2.21. The molecule has 0 aliphatic carbocycles. The van der Waals surface area contributed by atoms with Crippen LogP contribution in [0.4, 0.5) is 0 Å². The maximum Gasteiger partial charge on any atom is 0.263 e. The first-order valence-corrected chi connectivity index (χ1v) is 4.64. The zero-order chi connectivity index (χ0) is 11.2. The summed E-state index contributed by atoms with van der Waals surface area (Å²) in [5, 5.41) is 21.5. The molecule has 0 atom stereocenters. The first-order valence-electron chi connectivity index (χ1n) is 3.50. The van der Waals surface area contributed by atoms with Gasteiger partial charge in [-0.3, -0.25) is 0 Å². The number of benzene rings is 1. The van der Waals surface area contributed by atoms with Gasteiger partial charge in [0.25, 0.3) is 6.48 Å². The number of halogens is 3. The van der Waals surface area contributed by atoms with Gasteiger partial charge < -0.3 is 15.3 Å². The maximum absolute atomic E-state index is 7.17. The molecule has 6 heteroatoms. The Balaban J connectivity index is 0.000000364. The van der Waals surface area contributed by atoms with E-state index in [9.17, 15) is 0 Å². The van der Waals surface area contributed by atoms with Crippen LogP contribution in [-0.2, 0) is 3.79 Å². The van der Waals surface area contributed by atoms with E-state index < -0.39 is 10.3 Å². The minimum atomic E-state index is -2.17. The monoisotopic (exact) mass is 258 g/mol. The van der Waals surface area contributed by atoms with Gasteiger partial charge in [-0.05, 0) is 0 Å². The van der Waals surface area contributed by atoms with Crippen LogP contribution in [0.15, 0.2) is 30.3 Å². The summed E-state index contributed by atoms with van der Waals surface area (Å²) < 4.78 is -1.29. The minimum absolute atomic E-state index is 0.694. The minimum Gasteiger partial charge on any atom is -0.346 e. The molecule has 3 N–H and O–H groups in total. The molecule has 0 aliphatic rings. The standard InChI is InChI=1S/C7H5Cl3.CH4O3/c8-7(9,10)6-4-2-1-3-5-6;2-1(3)4/h1-5H;1-4H. The highest BCUT2D eigenvalue weighted by atomic mass is 35.6. The van der Waals surface area contributed by atoms with Gasteiger partial charge in [-0.15, -0.1) is 0 Å². The zero-order valence-corrected chi connectivity index (χ0v) is 9.21. The number of aliphatic hydroxyl groups excluding tert-OH is 1. The second-order valence-corrected chi connectivity index (χ2v) is 4.49. The van der Waals surface area contributed by atoms with Crippen LogP contribution < -0.4 is 0 Å². The fourth-order valence-electron chi connectivity index (χ4n) is 0.627. The van der Waals surface area contributed by atoms with Crippen molar-refractivity contribution in [3.05, 3.63) is 35.9 Å². The van der Waals surface area contributed by atoms with E-state index in [0.717, 1.165) is 0 Å². The molecule has 0 amide bonds. The van der Waals surface area contributed by atoms with Crippen molar-refractivity contribution in [3.63, 3.8) is 0 Å². The fourth-order valence-corrected chi connectivity index (χ4v) is 1.01. The molecule has 0 fully saturated rings. The summed E-state index contributed by atoms with van der Waals surface area (Å²) in [5.74, 6) is 0. The van der Waals surface area contributed by atoms with Crippen LogP contribution in [0.2, 0.25) is 0 Å². The first-order chi connectivity index (χ1) is 6.34. The third-order valence-electron chi connectivity index (χ3n) is 1.10. The zero-order valence-electron chi connectivity index (χ0n) is 6.94. The molecule has 0 saturated heterocycles. The molecule has 1 aromatic carbocycles. The summed E-state index contributed by atoms with van der Waals surface area (Å²) >= 11 is 16.8. The summed E-state index contributed by atoms with van der Waals surface area (Å²) in [6, 6.07) is 9.08. The van der Waals surface area contributed by atoms with Crippen molar-refractivity contribution in [2.24, 2.45) is 0 Å². The lowest BCUT2D eigenvalue weighted by Gasteiger charge is -2.09. The Hall–Kier alpha value is -0.0300. The number of rotatable bonds is 0. The topological polar surface area (TPSA) is 60.7 Å². The smallest absolute Gasteiger partial charge is 0.263 e. The second kappa shape index (κ2) is 6.45. The summed E-state index contributed by atoms with van der Waals surface area (Å²) in [4.78, 5) is 0. The van der Waals surface area contributed by atoms with Crippen molar-refractivity contribution in [1.29, 1.82) is 0 Å². The van der Waals surface area contributed by atoms with Crippen molar-refractivity contribution < 1.29 is 15.3 Å². The summed E-state index contributed by atoms with van der Waals surface area (Å²) in [5.41, 5.74) is 0.694. The van der Waals surface area contributed by atoms with Crippen LogP contribution in [0.3, 0.4) is 0 Å². The maximum atomic E-state index is 7.17. The molecule has 3 nitrogen and oxygen atoms in total. The van der Waals surface area contributed by atoms with Gasteiger partial charge in [0.05, 0.1) is 0 Å². The van der Waals surface area contributed by atoms with Gasteiger partial charge in [0.15, 0.2) is 0 Å². The van der Waals surface area contributed by atoms with Gasteiger partial charge in [0.1, 0.15) is 0 Å². The third-order valence-corrected chi connectivity index (χ3v) is 1.76. The van der Waals surface area contributed by atoms with E-state index >= 15 is 0 Å². The normalized spacial score (nSPS) is 10.8. The molecule has 80 valence electrons. The molecule has 0 aliphatic heterocycles. The number of alkyl halides is 3. The number of hydrogen-bond donors (Lipinski definition) is 3. The van der Waals surface area contributed by atoms with Gasteiger partial charge in [-0.2, -0.15) is 0 Å². The Morgan fingerprint density at radius 3 is 1.50 bits per heavy atom. The van der Waals surface area contributed by atoms with Crippen molar-refractivity contribution in [3.8, 4) is 0 Å². The molecular formula is C8H9Cl3O3. The number of aliphatic hydroxyl groups is 3. The molecule has 0 heterocycles. The molecule has 0 spiro atoms. The largest absolute Gasteiger partial charge is 0.346 e. The van der Waals surface area contributed by atoms with Crippen LogP contribution >= 0.6 is 34.8 Å². The predicted molar refractivity (Wildman–Crippen MR) is 56.1 cm³/mol. The lowest BCUT2D eigenvalue weighted by atomic mass is 10.2. The number of hydrogen-bond acceptors (Lipinski definition) is 3. The Bertz CT molecular complexity index is 243. The van der Waals surface area contributed by atoms with Crippen LogP contribution in [-0.4, -0.2) is 21.8 Å². The second-order valence-electron chi connectivity index (χ2n) is 2.21. The predicted octanol–water partition coefficient (Wildman–Crippen LogP) is 1.76. The molecule has 0 unspecified atom stereocenters. The summed E-state index contributed by atoms with van der Waals surface area (Å²) in [6.07, 6.45) is 0. The van der Waals surface area contributed by atoms with Crippen LogP contribution in [0, 0.1) is 0 Å². The molecule has 0 aromatic heterocycles. The Morgan fingerprint density at radius 1 is 0.929 bits per heavy atom. The van der Waals surface area contributed by atoms with Crippen LogP contribution in [0.5, 0.6) is 0 Å². The van der Waals surface area contributed by atoms with Gasteiger partial charge >= 0.3 is 0 Å². The molecular weight excluding hydrogens is 250 g/mol. The summed E-state index contributed by atoms with van der Waals surface area (Å²) in [7, 11) is 0. The van der Waals surface area contributed by atoms with Crippen molar-refractivity contribution in [2.45, 2.75) is 10.3 Å². The average molecular weight is 260 g/mol. The lowest BCUT2D eigenvalue weighted by Crippen LogP contribution is -1.98. The van der Waals surface area contributed by atoms with E-state index in [1.807, 2.05) is 18.2 Å². The average Bonchev–Trinajstić information content (AvgIpc) is 2.03. The van der Waals surface area contributed by atoms with Gasteiger partial charge in [0.2, 0.25) is 3.79 Å². The van der Waals surface area contributed by atoms with E-state index in [-0.39, 0.29) is 0 Å². The van der Waals surface area contributed by atoms with Crippen molar-refractivity contribution in [2.75, 3.05) is 0 Å².